The molecule has 9 rings (SSSR count). The Morgan fingerprint density at radius 2 is 0.736 bits per heavy atom. The average molecular weight is 680 g/mol. The molecule has 0 radical (unpaired) electrons. The second-order valence-corrected chi connectivity index (χ2v) is 14.7. The van der Waals surface area contributed by atoms with Crippen molar-refractivity contribution in [3.63, 3.8) is 0 Å². The molecular weight excluding hydrogens is 639 g/mol. The smallest absolute Gasteiger partial charge is 0.0465 e. The predicted octanol–water partition coefficient (Wildman–Crippen LogP) is 14.4. The third-order valence-corrected chi connectivity index (χ3v) is 10.9. The highest BCUT2D eigenvalue weighted by Gasteiger charge is 2.36. The van der Waals surface area contributed by atoms with Crippen LogP contribution in [0.25, 0.3) is 55.6 Å². The van der Waals surface area contributed by atoms with E-state index < -0.39 is 0 Å². The molecule has 1 nitrogen and oxygen atoms in total. The van der Waals surface area contributed by atoms with Crippen LogP contribution in [0.2, 0.25) is 0 Å². The lowest BCUT2D eigenvalue weighted by molar-refractivity contribution is 0.660. The predicted molar refractivity (Wildman–Crippen MR) is 225 cm³/mol. The van der Waals surface area contributed by atoms with E-state index in [-0.39, 0.29) is 5.41 Å². The third-order valence-electron chi connectivity index (χ3n) is 10.9. The summed E-state index contributed by atoms with van der Waals surface area (Å²) in [7, 11) is 0. The SMILES string of the molecule is Cc1cccc(N(c2ccc(-c3cccc(-c4ccccc4)c3)cc2)c2ccc3c(c2)C(C)(C)c2cc(-c4ccc(-c5ccccc5)cc4)ccc2-3)c1. The van der Waals surface area contributed by atoms with Crippen LogP contribution in [-0.4, -0.2) is 0 Å². The van der Waals surface area contributed by atoms with Gasteiger partial charge in [-0.05, 0) is 128 Å². The number of hydrogen-bond donors (Lipinski definition) is 0. The Morgan fingerprint density at radius 1 is 0.321 bits per heavy atom. The molecule has 1 aliphatic rings. The standard InChI is InChI=1S/C52H41N/c1-36-12-10-19-46(32-36)53(45-27-24-41(25-28-45)43-18-11-17-42(33-43)38-15-8-5-9-16-38)47-29-31-49-48-30-26-44(34-50(48)52(2,3)51(49)35-47)40-22-20-39(21-23-40)37-13-6-4-7-14-37/h4-35H,1-3H3. The highest BCUT2D eigenvalue weighted by atomic mass is 15.1. The monoisotopic (exact) mass is 679 g/mol. The Labute approximate surface area is 313 Å². The van der Waals surface area contributed by atoms with Gasteiger partial charge in [-0.2, -0.15) is 0 Å². The Kier molecular flexibility index (Phi) is 8.13. The average Bonchev–Trinajstić information content (AvgIpc) is 3.44. The molecule has 0 saturated carbocycles. The molecule has 0 aromatic heterocycles. The molecule has 0 spiro atoms. The molecule has 0 saturated heterocycles. The molecule has 53 heavy (non-hydrogen) atoms. The largest absolute Gasteiger partial charge is 0.310 e. The number of hydrogen-bond acceptors (Lipinski definition) is 1. The van der Waals surface area contributed by atoms with Gasteiger partial charge in [0.05, 0.1) is 0 Å². The zero-order valence-electron chi connectivity index (χ0n) is 30.4. The highest BCUT2D eigenvalue weighted by molar-refractivity contribution is 5.88. The lowest BCUT2D eigenvalue weighted by atomic mass is 9.81. The van der Waals surface area contributed by atoms with Crippen LogP contribution < -0.4 is 4.90 Å². The summed E-state index contributed by atoms with van der Waals surface area (Å²) in [5.41, 5.74) is 19.7. The molecule has 0 N–H and O–H groups in total. The topological polar surface area (TPSA) is 3.24 Å². The Bertz CT molecular complexity index is 2560. The van der Waals surface area contributed by atoms with E-state index in [1.165, 1.54) is 72.3 Å². The van der Waals surface area contributed by atoms with Gasteiger partial charge in [-0.1, -0.05) is 159 Å². The van der Waals surface area contributed by atoms with E-state index in [9.17, 15) is 0 Å². The van der Waals surface area contributed by atoms with Gasteiger partial charge in [0.1, 0.15) is 0 Å². The summed E-state index contributed by atoms with van der Waals surface area (Å²) in [5, 5.41) is 0. The van der Waals surface area contributed by atoms with Crippen molar-refractivity contribution >= 4 is 17.1 Å². The van der Waals surface area contributed by atoms with Crippen LogP contribution in [0.3, 0.4) is 0 Å². The molecule has 0 heterocycles. The fourth-order valence-corrected chi connectivity index (χ4v) is 8.06. The lowest BCUT2D eigenvalue weighted by Gasteiger charge is -2.28. The van der Waals surface area contributed by atoms with Crippen molar-refractivity contribution in [2.75, 3.05) is 4.90 Å². The highest BCUT2D eigenvalue weighted by Crippen LogP contribution is 2.51. The summed E-state index contributed by atoms with van der Waals surface area (Å²) >= 11 is 0. The first kappa shape index (κ1) is 32.5. The first-order chi connectivity index (χ1) is 25.9. The molecule has 8 aromatic rings. The summed E-state index contributed by atoms with van der Waals surface area (Å²) < 4.78 is 0. The van der Waals surface area contributed by atoms with Gasteiger partial charge in [-0.3, -0.25) is 0 Å². The molecule has 0 fully saturated rings. The number of anilines is 3. The van der Waals surface area contributed by atoms with Gasteiger partial charge < -0.3 is 4.90 Å². The molecule has 1 aliphatic carbocycles. The summed E-state index contributed by atoms with van der Waals surface area (Å²) in [5.74, 6) is 0. The fraction of sp³-hybridized carbons (Fsp3) is 0.0769. The van der Waals surface area contributed by atoms with E-state index >= 15 is 0 Å². The molecule has 0 bridgehead atoms. The zero-order chi connectivity index (χ0) is 35.9. The Hall–Kier alpha value is -6.44. The van der Waals surface area contributed by atoms with Gasteiger partial charge in [0, 0.05) is 22.5 Å². The molecule has 0 unspecified atom stereocenters. The molecule has 8 aromatic carbocycles. The van der Waals surface area contributed by atoms with Crippen LogP contribution in [-0.2, 0) is 5.41 Å². The minimum absolute atomic E-state index is 0.160. The van der Waals surface area contributed by atoms with Crippen molar-refractivity contribution in [3.8, 4) is 55.6 Å². The molecule has 1 heteroatoms. The molecule has 254 valence electrons. The van der Waals surface area contributed by atoms with Crippen LogP contribution in [0.1, 0.15) is 30.5 Å². The Balaban J connectivity index is 1.06. The maximum atomic E-state index is 2.42. The van der Waals surface area contributed by atoms with Gasteiger partial charge >= 0.3 is 0 Å². The lowest BCUT2D eigenvalue weighted by Crippen LogP contribution is -2.16. The normalized spacial score (nSPS) is 12.6. The number of rotatable bonds is 7. The van der Waals surface area contributed by atoms with E-state index in [1.807, 2.05) is 0 Å². The number of aryl methyl sites for hydroxylation is 1. The van der Waals surface area contributed by atoms with Crippen LogP contribution >= 0.6 is 0 Å². The third kappa shape index (κ3) is 6.05. The van der Waals surface area contributed by atoms with Gasteiger partial charge in [0.2, 0.25) is 0 Å². The van der Waals surface area contributed by atoms with E-state index in [0.717, 1.165) is 17.1 Å². The van der Waals surface area contributed by atoms with Gasteiger partial charge in [0.15, 0.2) is 0 Å². The van der Waals surface area contributed by atoms with Crippen molar-refractivity contribution < 1.29 is 0 Å². The van der Waals surface area contributed by atoms with Crippen LogP contribution in [0.5, 0.6) is 0 Å². The van der Waals surface area contributed by atoms with Crippen LogP contribution in [0, 0.1) is 6.92 Å². The summed E-state index contributed by atoms with van der Waals surface area (Å²) in [6, 6.07) is 70.9. The quantitative estimate of drug-likeness (QED) is 0.162. The van der Waals surface area contributed by atoms with Crippen LogP contribution in [0.15, 0.2) is 194 Å². The molecule has 0 amide bonds. The van der Waals surface area contributed by atoms with Crippen molar-refractivity contribution in [3.05, 3.63) is 211 Å². The van der Waals surface area contributed by atoms with Crippen molar-refractivity contribution in [1.82, 2.24) is 0 Å². The molecular formula is C52H41N. The summed E-state index contributed by atoms with van der Waals surface area (Å²) in [4.78, 5) is 2.40. The van der Waals surface area contributed by atoms with Crippen molar-refractivity contribution in [1.29, 1.82) is 0 Å². The van der Waals surface area contributed by atoms with Gasteiger partial charge in [-0.25, -0.2) is 0 Å². The summed E-state index contributed by atoms with van der Waals surface area (Å²) in [6.07, 6.45) is 0. The minimum Gasteiger partial charge on any atom is -0.310 e. The zero-order valence-corrected chi connectivity index (χ0v) is 30.4. The Morgan fingerprint density at radius 3 is 1.36 bits per heavy atom. The first-order valence-corrected chi connectivity index (χ1v) is 18.5. The maximum Gasteiger partial charge on any atom is 0.0465 e. The van der Waals surface area contributed by atoms with E-state index in [2.05, 4.69) is 220 Å². The van der Waals surface area contributed by atoms with E-state index in [0.29, 0.717) is 0 Å². The number of benzene rings is 8. The number of fused-ring (bicyclic) bond motifs is 3. The van der Waals surface area contributed by atoms with Gasteiger partial charge in [0.25, 0.3) is 0 Å². The van der Waals surface area contributed by atoms with Crippen molar-refractivity contribution in [2.45, 2.75) is 26.2 Å². The number of nitrogens with zero attached hydrogens (tertiary/aromatic N) is 1. The summed E-state index contributed by atoms with van der Waals surface area (Å²) in [6.45, 7) is 6.91. The molecule has 0 atom stereocenters. The fourth-order valence-electron chi connectivity index (χ4n) is 8.06. The molecule has 0 aliphatic heterocycles. The van der Waals surface area contributed by atoms with Crippen LogP contribution in [0.4, 0.5) is 17.1 Å². The van der Waals surface area contributed by atoms with E-state index in [4.69, 9.17) is 0 Å². The minimum atomic E-state index is -0.160. The second kappa shape index (κ2) is 13.3. The van der Waals surface area contributed by atoms with E-state index in [1.54, 1.807) is 0 Å². The maximum absolute atomic E-state index is 2.42. The second-order valence-electron chi connectivity index (χ2n) is 14.7. The van der Waals surface area contributed by atoms with Gasteiger partial charge in [-0.15, -0.1) is 0 Å². The van der Waals surface area contributed by atoms with Crippen molar-refractivity contribution in [2.24, 2.45) is 0 Å². The first-order valence-electron chi connectivity index (χ1n) is 18.5.